The largest absolute Gasteiger partial charge is 0.378 e. The molecule has 3 aromatic carbocycles. The summed E-state index contributed by atoms with van der Waals surface area (Å²) in [5, 5.41) is 4.96. The van der Waals surface area contributed by atoms with Gasteiger partial charge in [-0.25, -0.2) is 0 Å². The van der Waals surface area contributed by atoms with Crippen molar-refractivity contribution >= 4 is 49.7 Å². The van der Waals surface area contributed by atoms with Crippen molar-refractivity contribution in [3.05, 3.63) is 99.5 Å². The minimum atomic E-state index is -4.01. The number of halogens is 1. The van der Waals surface area contributed by atoms with Crippen molar-refractivity contribution < 1.29 is 22.2 Å². The lowest BCUT2D eigenvalue weighted by Gasteiger charge is -2.10. The number of benzene rings is 3. The average molecular weight is 539 g/mol. The highest BCUT2D eigenvalue weighted by Crippen LogP contribution is 2.30. The van der Waals surface area contributed by atoms with Gasteiger partial charge in [0.2, 0.25) is 0 Å². The fourth-order valence-electron chi connectivity index (χ4n) is 3.24. The molecule has 9 heteroatoms. The van der Waals surface area contributed by atoms with Crippen LogP contribution in [-0.2, 0) is 14.9 Å². The summed E-state index contributed by atoms with van der Waals surface area (Å²) in [7, 11) is -4.01. The maximum atomic E-state index is 12.9. The first-order valence-electron chi connectivity index (χ1n) is 10.2. The van der Waals surface area contributed by atoms with Gasteiger partial charge in [-0.05, 0) is 77.8 Å². The van der Waals surface area contributed by atoms with E-state index in [1.165, 1.54) is 18.2 Å². The molecule has 0 aliphatic carbocycles. The number of rotatable bonds is 5. The predicted molar refractivity (Wildman–Crippen MR) is 132 cm³/mol. The summed E-state index contributed by atoms with van der Waals surface area (Å²) in [4.78, 5) is 25.6. The molecular formula is C25H19BrN2O5S. The van der Waals surface area contributed by atoms with Crippen LogP contribution in [0.1, 0.15) is 28.4 Å². The van der Waals surface area contributed by atoms with Crippen LogP contribution >= 0.6 is 15.9 Å². The van der Waals surface area contributed by atoms with Gasteiger partial charge in [-0.15, -0.1) is 0 Å². The zero-order chi connectivity index (χ0) is 24.5. The Morgan fingerprint density at radius 3 is 2.32 bits per heavy atom. The third-order valence-electron chi connectivity index (χ3n) is 5.05. The van der Waals surface area contributed by atoms with Gasteiger partial charge in [0.15, 0.2) is 5.75 Å². The second-order valence-electron chi connectivity index (χ2n) is 7.57. The van der Waals surface area contributed by atoms with Crippen molar-refractivity contribution in [2.45, 2.75) is 18.7 Å². The molecule has 0 saturated carbocycles. The van der Waals surface area contributed by atoms with Gasteiger partial charge < -0.3 is 4.18 Å². The molecule has 1 aliphatic heterocycles. The zero-order valence-electron chi connectivity index (χ0n) is 18.2. The Labute approximate surface area is 205 Å². The summed E-state index contributed by atoms with van der Waals surface area (Å²) in [6.45, 7) is 3.50. The lowest BCUT2D eigenvalue weighted by molar-refractivity contribution is -0.123. The van der Waals surface area contributed by atoms with Crippen molar-refractivity contribution in [1.29, 1.82) is 0 Å². The van der Waals surface area contributed by atoms with Crippen molar-refractivity contribution in [3.8, 4) is 5.75 Å². The highest BCUT2D eigenvalue weighted by atomic mass is 79.9. The second-order valence-corrected chi connectivity index (χ2v) is 9.97. The summed E-state index contributed by atoms with van der Waals surface area (Å²) in [5.74, 6) is -0.948. The van der Waals surface area contributed by atoms with Gasteiger partial charge in [0.1, 0.15) is 4.90 Å². The third kappa shape index (κ3) is 4.85. The van der Waals surface area contributed by atoms with Crippen LogP contribution in [0.4, 0.5) is 0 Å². The van der Waals surface area contributed by atoms with Crippen LogP contribution in [0.25, 0.3) is 6.08 Å². The van der Waals surface area contributed by atoms with E-state index in [2.05, 4.69) is 21.0 Å². The van der Waals surface area contributed by atoms with Gasteiger partial charge in [-0.3, -0.25) is 9.59 Å². The van der Waals surface area contributed by atoms with Crippen LogP contribution in [-0.4, -0.2) is 31.0 Å². The van der Waals surface area contributed by atoms with E-state index in [1.807, 2.05) is 6.92 Å². The number of hydrogen-bond acceptors (Lipinski definition) is 6. The third-order valence-corrected chi connectivity index (χ3v) is 6.92. The van der Waals surface area contributed by atoms with Crippen LogP contribution in [0.15, 0.2) is 92.8 Å². The van der Waals surface area contributed by atoms with E-state index in [-0.39, 0.29) is 16.2 Å². The summed E-state index contributed by atoms with van der Waals surface area (Å²) in [6.07, 6.45) is 1.59. The summed E-state index contributed by atoms with van der Waals surface area (Å²) < 4.78 is 30.8. The van der Waals surface area contributed by atoms with Gasteiger partial charge >= 0.3 is 10.1 Å². The molecule has 0 N–H and O–H groups in total. The highest BCUT2D eigenvalue weighted by Gasteiger charge is 2.33. The van der Waals surface area contributed by atoms with E-state index in [0.29, 0.717) is 21.3 Å². The molecule has 1 heterocycles. The molecule has 0 bridgehead atoms. The smallest absolute Gasteiger partial charge is 0.339 e. The highest BCUT2D eigenvalue weighted by molar-refractivity contribution is 9.10. The fraction of sp³-hybridized carbons (Fsp3) is 0.0800. The Kier molecular flexibility index (Phi) is 6.49. The summed E-state index contributed by atoms with van der Waals surface area (Å²) >= 11 is 3.33. The maximum absolute atomic E-state index is 12.9. The minimum Gasteiger partial charge on any atom is -0.378 e. The lowest BCUT2D eigenvalue weighted by atomic mass is 10.1. The van der Waals surface area contributed by atoms with Gasteiger partial charge in [0.25, 0.3) is 11.8 Å². The van der Waals surface area contributed by atoms with E-state index >= 15 is 0 Å². The summed E-state index contributed by atoms with van der Waals surface area (Å²) in [6, 6.07) is 19.5. The molecule has 34 heavy (non-hydrogen) atoms. The van der Waals surface area contributed by atoms with Crippen LogP contribution in [0.3, 0.4) is 0 Å². The number of imide groups is 1. The molecule has 0 aromatic heterocycles. The molecule has 0 spiro atoms. The fourth-order valence-corrected chi connectivity index (χ4v) is 4.77. The number of amides is 2. The number of nitrogens with zero attached hydrogens (tertiary/aromatic N) is 2. The number of aryl methyl sites for hydroxylation is 1. The van der Waals surface area contributed by atoms with Gasteiger partial charge in [0, 0.05) is 5.56 Å². The van der Waals surface area contributed by atoms with E-state index < -0.39 is 21.9 Å². The monoisotopic (exact) mass is 538 g/mol. The van der Waals surface area contributed by atoms with E-state index in [9.17, 15) is 18.0 Å². The number of hydrazone groups is 1. The van der Waals surface area contributed by atoms with Crippen LogP contribution < -0.4 is 4.18 Å². The Morgan fingerprint density at radius 2 is 1.68 bits per heavy atom. The van der Waals surface area contributed by atoms with E-state index in [0.717, 1.165) is 10.6 Å². The topological polar surface area (TPSA) is 93.1 Å². The predicted octanol–water partition coefficient (Wildman–Crippen LogP) is 4.97. The number of carbonyl (C=O) groups is 2. The standard InChI is InChI=1S/C25H19BrN2O5S/c1-16-8-11-20(12-9-16)34(31,32)33-23-13-10-18(15-22(23)26)14-21-17(2)27-28(25(21)30)24(29)19-6-4-3-5-7-19/h3-15H,1-2H3/b21-14+. The Morgan fingerprint density at radius 1 is 1.00 bits per heavy atom. The molecule has 1 aliphatic rings. The molecule has 0 unspecified atom stereocenters. The normalized spacial score (nSPS) is 14.9. The number of carbonyl (C=O) groups excluding carboxylic acids is 2. The Balaban J connectivity index is 1.56. The first-order chi connectivity index (χ1) is 16.2. The molecular weight excluding hydrogens is 520 g/mol. The molecule has 2 amide bonds. The maximum Gasteiger partial charge on any atom is 0.339 e. The molecule has 0 saturated heterocycles. The van der Waals surface area contributed by atoms with Crippen LogP contribution in [0.5, 0.6) is 5.75 Å². The van der Waals surface area contributed by atoms with Crippen molar-refractivity contribution in [2.24, 2.45) is 5.10 Å². The molecule has 0 atom stereocenters. The SMILES string of the molecule is CC1=NN(C(=O)c2ccccc2)C(=O)/C1=C/c1ccc(OS(=O)(=O)c2ccc(C)cc2)c(Br)c1. The first kappa shape index (κ1) is 23.6. The van der Waals surface area contributed by atoms with Crippen LogP contribution in [0, 0.1) is 6.92 Å². The average Bonchev–Trinajstić information content (AvgIpc) is 3.09. The Bertz CT molecular complexity index is 1450. The quantitative estimate of drug-likeness (QED) is 0.260. The van der Waals surface area contributed by atoms with Gasteiger partial charge in [-0.2, -0.15) is 18.5 Å². The van der Waals surface area contributed by atoms with Crippen molar-refractivity contribution in [2.75, 3.05) is 0 Å². The molecule has 172 valence electrons. The van der Waals surface area contributed by atoms with E-state index in [1.54, 1.807) is 67.6 Å². The molecule has 3 aromatic rings. The second kappa shape index (κ2) is 9.36. The molecule has 4 rings (SSSR count). The molecule has 7 nitrogen and oxygen atoms in total. The minimum absolute atomic E-state index is 0.0442. The van der Waals surface area contributed by atoms with Crippen molar-refractivity contribution in [1.82, 2.24) is 5.01 Å². The van der Waals surface area contributed by atoms with Gasteiger partial charge in [0.05, 0.1) is 15.8 Å². The first-order valence-corrected chi connectivity index (χ1v) is 12.4. The lowest BCUT2D eigenvalue weighted by Crippen LogP contribution is -2.29. The number of hydrogen-bond donors (Lipinski definition) is 0. The van der Waals surface area contributed by atoms with Gasteiger partial charge in [-0.1, -0.05) is 42.0 Å². The summed E-state index contributed by atoms with van der Waals surface area (Å²) in [5.41, 5.74) is 2.54. The molecule has 0 fully saturated rings. The van der Waals surface area contributed by atoms with Crippen molar-refractivity contribution in [3.63, 3.8) is 0 Å². The van der Waals surface area contributed by atoms with E-state index in [4.69, 9.17) is 4.18 Å². The Hall–Kier alpha value is -3.56. The molecule has 0 radical (unpaired) electrons. The zero-order valence-corrected chi connectivity index (χ0v) is 20.6. The van der Waals surface area contributed by atoms with Crippen LogP contribution in [0.2, 0.25) is 0 Å².